The molecule has 0 unspecified atom stereocenters. The van der Waals surface area contributed by atoms with Crippen LogP contribution in [-0.4, -0.2) is 19.4 Å². The molecule has 3 rings (SSSR count). The third-order valence-electron chi connectivity index (χ3n) is 3.87. The largest absolute Gasteiger partial charge is 0.323 e. The molecule has 0 heterocycles. The quantitative estimate of drug-likeness (QED) is 0.373. The molecular weight excluding hydrogens is 432 g/mol. The Morgan fingerprint density at radius 2 is 1.47 bits per heavy atom. The number of amides is 2. The first-order chi connectivity index (χ1) is 14.2. The number of carbonyl (C=O) groups excluding carboxylic acids is 1. The maximum atomic E-state index is 12.4. The zero-order valence-corrected chi connectivity index (χ0v) is 16.8. The van der Waals surface area contributed by atoms with Gasteiger partial charge in [-0.05, 0) is 54.6 Å². The first-order valence-corrected chi connectivity index (χ1v) is 10.3. The van der Waals surface area contributed by atoms with Crippen LogP contribution in [0, 0.1) is 10.1 Å². The zero-order chi connectivity index (χ0) is 21.7. The lowest BCUT2D eigenvalue weighted by Crippen LogP contribution is -2.20. The van der Waals surface area contributed by atoms with Gasteiger partial charge in [0.2, 0.25) is 0 Å². The molecule has 11 heteroatoms. The maximum Gasteiger partial charge on any atom is 0.323 e. The number of rotatable bonds is 6. The van der Waals surface area contributed by atoms with Crippen molar-refractivity contribution in [1.29, 1.82) is 0 Å². The van der Waals surface area contributed by atoms with Gasteiger partial charge in [-0.25, -0.2) is 13.2 Å². The van der Waals surface area contributed by atoms with Gasteiger partial charge in [-0.2, -0.15) is 0 Å². The summed E-state index contributed by atoms with van der Waals surface area (Å²) in [4.78, 5) is 22.6. The Hall–Kier alpha value is -3.63. The van der Waals surface area contributed by atoms with Crippen LogP contribution in [0.3, 0.4) is 0 Å². The van der Waals surface area contributed by atoms with Gasteiger partial charge in [0.05, 0.1) is 9.82 Å². The molecule has 0 saturated carbocycles. The lowest BCUT2D eigenvalue weighted by Gasteiger charge is -2.10. The molecule has 3 aromatic carbocycles. The highest BCUT2D eigenvalue weighted by Gasteiger charge is 2.16. The zero-order valence-electron chi connectivity index (χ0n) is 15.2. The molecular formula is C19H15ClN4O5S. The monoisotopic (exact) mass is 446 g/mol. The molecule has 0 atom stereocenters. The van der Waals surface area contributed by atoms with Crippen molar-refractivity contribution >= 4 is 50.4 Å². The van der Waals surface area contributed by atoms with Crippen molar-refractivity contribution in [3.63, 3.8) is 0 Å². The summed E-state index contributed by atoms with van der Waals surface area (Å²) in [5.74, 6) is 0. The average Bonchev–Trinajstić information content (AvgIpc) is 2.70. The summed E-state index contributed by atoms with van der Waals surface area (Å²) < 4.78 is 27.2. The summed E-state index contributed by atoms with van der Waals surface area (Å²) in [6, 6.07) is 16.7. The minimum Gasteiger partial charge on any atom is -0.308 e. The third kappa shape index (κ3) is 5.25. The predicted octanol–water partition coefficient (Wildman–Crippen LogP) is 4.69. The molecule has 0 radical (unpaired) electrons. The molecule has 0 bridgehead atoms. The number of halogens is 1. The number of carbonyl (C=O) groups is 1. The molecule has 0 aliphatic rings. The molecule has 3 N–H and O–H groups in total. The predicted molar refractivity (Wildman–Crippen MR) is 114 cm³/mol. The number of para-hydroxylation sites is 2. The molecule has 3 aromatic rings. The number of anilines is 3. The number of nitro groups is 1. The second kappa shape index (κ2) is 8.80. The Morgan fingerprint density at radius 3 is 2.10 bits per heavy atom. The van der Waals surface area contributed by atoms with Gasteiger partial charge in [-0.15, -0.1) is 0 Å². The summed E-state index contributed by atoms with van der Waals surface area (Å²) in [7, 11) is -3.79. The van der Waals surface area contributed by atoms with Crippen molar-refractivity contribution in [2.75, 3.05) is 15.4 Å². The van der Waals surface area contributed by atoms with E-state index in [2.05, 4.69) is 15.4 Å². The van der Waals surface area contributed by atoms with E-state index in [1.807, 2.05) is 0 Å². The van der Waals surface area contributed by atoms with Gasteiger partial charge in [0.1, 0.15) is 5.69 Å². The Balaban J connectivity index is 1.65. The van der Waals surface area contributed by atoms with E-state index < -0.39 is 21.0 Å². The summed E-state index contributed by atoms with van der Waals surface area (Å²) in [5.41, 5.74) is 0.460. The molecule has 2 amide bonds. The molecule has 0 spiro atoms. The van der Waals surface area contributed by atoms with Crippen LogP contribution in [0.25, 0.3) is 0 Å². The van der Waals surface area contributed by atoms with Crippen LogP contribution < -0.4 is 15.4 Å². The molecule has 0 aliphatic carbocycles. The van der Waals surface area contributed by atoms with Crippen LogP contribution in [0.4, 0.5) is 27.5 Å². The van der Waals surface area contributed by atoms with Gasteiger partial charge < -0.3 is 10.6 Å². The van der Waals surface area contributed by atoms with E-state index >= 15 is 0 Å². The van der Waals surface area contributed by atoms with E-state index in [0.29, 0.717) is 10.7 Å². The minimum atomic E-state index is -3.79. The number of sulfonamides is 1. The SMILES string of the molecule is O=C(Nc1ccc(NS(=O)(=O)c2ccc(Cl)cc2)cc1)Nc1ccccc1[N+](=O)[O-]. The van der Waals surface area contributed by atoms with Crippen LogP contribution in [0.1, 0.15) is 0 Å². The fraction of sp³-hybridized carbons (Fsp3) is 0. The van der Waals surface area contributed by atoms with Gasteiger partial charge in [-0.3, -0.25) is 14.8 Å². The van der Waals surface area contributed by atoms with Crippen LogP contribution in [0.15, 0.2) is 77.7 Å². The Labute approximate surface area is 176 Å². The summed E-state index contributed by atoms with van der Waals surface area (Å²) in [5, 5.41) is 16.3. The Bertz CT molecular complexity index is 1180. The van der Waals surface area contributed by atoms with Crippen LogP contribution in [-0.2, 0) is 10.0 Å². The number of nitrogens with one attached hydrogen (secondary N) is 3. The highest BCUT2D eigenvalue weighted by molar-refractivity contribution is 7.92. The molecule has 154 valence electrons. The van der Waals surface area contributed by atoms with Crippen molar-refractivity contribution in [1.82, 2.24) is 0 Å². The summed E-state index contributed by atoms with van der Waals surface area (Å²) in [6.07, 6.45) is 0. The van der Waals surface area contributed by atoms with Gasteiger partial charge in [0, 0.05) is 22.5 Å². The van der Waals surface area contributed by atoms with Gasteiger partial charge >= 0.3 is 6.03 Å². The molecule has 0 saturated heterocycles. The molecule has 9 nitrogen and oxygen atoms in total. The van der Waals surface area contributed by atoms with Crippen LogP contribution in [0.2, 0.25) is 5.02 Å². The topological polar surface area (TPSA) is 130 Å². The highest BCUT2D eigenvalue weighted by Crippen LogP contribution is 2.24. The Morgan fingerprint density at radius 1 is 0.867 bits per heavy atom. The standard InChI is InChI=1S/C19H15ClN4O5S/c20-13-5-11-16(12-6-13)30(28,29)23-15-9-7-14(8-10-15)21-19(25)22-17-3-1-2-4-18(17)24(26)27/h1-12,23H,(H2,21,22,25). The smallest absolute Gasteiger partial charge is 0.308 e. The van der Waals surface area contributed by atoms with E-state index in [9.17, 15) is 23.3 Å². The van der Waals surface area contributed by atoms with Crippen molar-refractivity contribution in [3.05, 3.63) is 87.9 Å². The molecule has 0 aliphatic heterocycles. The molecule has 0 aromatic heterocycles. The van der Waals surface area contributed by atoms with Crippen molar-refractivity contribution in [3.8, 4) is 0 Å². The van der Waals surface area contributed by atoms with Gasteiger partial charge in [-0.1, -0.05) is 23.7 Å². The van der Waals surface area contributed by atoms with E-state index in [1.54, 1.807) is 6.07 Å². The second-order valence-corrected chi connectivity index (χ2v) is 8.11. The first kappa shape index (κ1) is 21.1. The van der Waals surface area contributed by atoms with Crippen molar-refractivity contribution in [2.24, 2.45) is 0 Å². The average molecular weight is 447 g/mol. The number of nitro benzene ring substituents is 1. The highest BCUT2D eigenvalue weighted by atomic mass is 35.5. The minimum absolute atomic E-state index is 0.0485. The second-order valence-electron chi connectivity index (χ2n) is 5.99. The lowest BCUT2D eigenvalue weighted by molar-refractivity contribution is -0.383. The normalized spacial score (nSPS) is 10.8. The van der Waals surface area contributed by atoms with Gasteiger partial charge in [0.15, 0.2) is 0 Å². The van der Waals surface area contributed by atoms with E-state index in [1.165, 1.54) is 66.7 Å². The Kier molecular flexibility index (Phi) is 6.19. The van der Waals surface area contributed by atoms with E-state index in [4.69, 9.17) is 11.6 Å². The van der Waals surface area contributed by atoms with Crippen molar-refractivity contribution in [2.45, 2.75) is 4.90 Å². The van der Waals surface area contributed by atoms with Crippen LogP contribution >= 0.6 is 11.6 Å². The number of hydrogen-bond donors (Lipinski definition) is 3. The lowest BCUT2D eigenvalue weighted by atomic mass is 10.2. The van der Waals surface area contributed by atoms with Gasteiger partial charge in [0.25, 0.3) is 15.7 Å². The number of urea groups is 1. The molecule has 30 heavy (non-hydrogen) atoms. The third-order valence-corrected chi connectivity index (χ3v) is 5.52. The number of benzene rings is 3. The maximum absolute atomic E-state index is 12.4. The van der Waals surface area contributed by atoms with Crippen molar-refractivity contribution < 1.29 is 18.1 Å². The number of hydrogen-bond acceptors (Lipinski definition) is 5. The fourth-order valence-electron chi connectivity index (χ4n) is 2.47. The first-order valence-electron chi connectivity index (χ1n) is 8.44. The fourth-order valence-corrected chi connectivity index (χ4v) is 3.66. The molecule has 0 fully saturated rings. The van der Waals surface area contributed by atoms with Crippen LogP contribution in [0.5, 0.6) is 0 Å². The number of nitrogens with zero attached hydrogens (tertiary/aromatic N) is 1. The summed E-state index contributed by atoms with van der Waals surface area (Å²) in [6.45, 7) is 0. The van der Waals surface area contributed by atoms with E-state index in [0.717, 1.165) is 0 Å². The van der Waals surface area contributed by atoms with E-state index in [-0.39, 0.29) is 22.0 Å². The summed E-state index contributed by atoms with van der Waals surface area (Å²) >= 11 is 5.77.